The number of aromatic nitrogens is 2. The van der Waals surface area contributed by atoms with Gasteiger partial charge in [0.25, 0.3) is 5.56 Å². The van der Waals surface area contributed by atoms with Gasteiger partial charge in [-0.05, 0) is 55.8 Å². The van der Waals surface area contributed by atoms with Crippen molar-refractivity contribution in [2.75, 3.05) is 0 Å². The number of rotatable bonds is 8. The van der Waals surface area contributed by atoms with Gasteiger partial charge < -0.3 is 10.1 Å². The number of amides is 1. The Morgan fingerprint density at radius 2 is 1.63 bits per heavy atom. The van der Waals surface area contributed by atoms with Gasteiger partial charge in [0.1, 0.15) is 5.75 Å². The number of ether oxygens (including phenoxy) is 1. The van der Waals surface area contributed by atoms with Crippen LogP contribution in [-0.4, -0.2) is 27.3 Å². The highest BCUT2D eigenvalue weighted by Gasteiger charge is 2.22. The molecular weight excluding hydrogens is 472 g/mol. The third-order valence-corrected chi connectivity index (χ3v) is 6.43. The molecule has 1 amide bonds. The van der Waals surface area contributed by atoms with Crippen molar-refractivity contribution in [3.05, 3.63) is 94.8 Å². The van der Waals surface area contributed by atoms with Crippen LogP contribution in [0.15, 0.2) is 88.8 Å². The van der Waals surface area contributed by atoms with E-state index in [9.17, 15) is 18.4 Å². The fraction of sp³-hybridized carbons (Fsp3) is 0.192. The van der Waals surface area contributed by atoms with Gasteiger partial charge in [-0.25, -0.2) is 4.98 Å². The number of nitrogens with one attached hydrogen (secondary N) is 1. The van der Waals surface area contributed by atoms with Crippen molar-refractivity contribution < 1.29 is 18.3 Å². The minimum atomic E-state index is -2.95. The summed E-state index contributed by atoms with van der Waals surface area (Å²) in [6.07, 6.45) is 0. The molecule has 0 fully saturated rings. The van der Waals surface area contributed by atoms with E-state index in [1.54, 1.807) is 31.2 Å². The molecule has 0 saturated heterocycles. The molecule has 4 rings (SSSR count). The smallest absolute Gasteiger partial charge is 0.387 e. The van der Waals surface area contributed by atoms with Crippen LogP contribution in [0.1, 0.15) is 25.5 Å². The van der Waals surface area contributed by atoms with Gasteiger partial charge in [0.2, 0.25) is 5.91 Å². The SMILES string of the molecule is CC(Sc1nc2ccccc2c(=O)n1-c1ccc(OC(F)F)cc1)C(=O)NC(C)c1ccccc1. The van der Waals surface area contributed by atoms with Crippen LogP contribution in [0.4, 0.5) is 8.78 Å². The summed E-state index contributed by atoms with van der Waals surface area (Å²) in [5.74, 6) is -0.233. The number of carbonyl (C=O) groups excluding carboxylic acids is 1. The lowest BCUT2D eigenvalue weighted by molar-refractivity contribution is -0.120. The van der Waals surface area contributed by atoms with Gasteiger partial charge in [-0.2, -0.15) is 8.78 Å². The Labute approximate surface area is 205 Å². The number of benzene rings is 3. The molecule has 1 aromatic heterocycles. The molecule has 2 unspecified atom stereocenters. The van der Waals surface area contributed by atoms with Gasteiger partial charge in [-0.15, -0.1) is 0 Å². The fourth-order valence-corrected chi connectivity index (χ4v) is 4.50. The van der Waals surface area contributed by atoms with Crippen LogP contribution in [0.5, 0.6) is 5.75 Å². The molecular formula is C26H23F2N3O3S. The lowest BCUT2D eigenvalue weighted by Crippen LogP contribution is -2.33. The van der Waals surface area contributed by atoms with E-state index >= 15 is 0 Å². The first-order valence-electron chi connectivity index (χ1n) is 10.9. The summed E-state index contributed by atoms with van der Waals surface area (Å²) >= 11 is 1.14. The Morgan fingerprint density at radius 3 is 2.31 bits per heavy atom. The number of nitrogens with zero attached hydrogens (tertiary/aromatic N) is 2. The number of halogens is 2. The summed E-state index contributed by atoms with van der Waals surface area (Å²) in [5, 5.41) is 3.14. The van der Waals surface area contributed by atoms with Crippen molar-refractivity contribution in [1.82, 2.24) is 14.9 Å². The topological polar surface area (TPSA) is 73.2 Å². The maximum absolute atomic E-state index is 13.4. The van der Waals surface area contributed by atoms with Gasteiger partial charge in [0, 0.05) is 0 Å². The Morgan fingerprint density at radius 1 is 0.971 bits per heavy atom. The number of fused-ring (bicyclic) bond motifs is 1. The molecule has 0 bridgehead atoms. The van der Waals surface area contributed by atoms with Crippen LogP contribution in [0.25, 0.3) is 16.6 Å². The second-order valence-electron chi connectivity index (χ2n) is 7.83. The highest BCUT2D eigenvalue weighted by molar-refractivity contribution is 8.00. The molecule has 0 radical (unpaired) electrons. The second kappa shape index (κ2) is 10.7. The van der Waals surface area contributed by atoms with E-state index in [0.29, 0.717) is 21.7 Å². The van der Waals surface area contributed by atoms with Gasteiger partial charge in [-0.1, -0.05) is 54.2 Å². The summed E-state index contributed by atoms with van der Waals surface area (Å²) in [7, 11) is 0. The summed E-state index contributed by atoms with van der Waals surface area (Å²) < 4.78 is 30.9. The maximum Gasteiger partial charge on any atom is 0.387 e. The average molecular weight is 496 g/mol. The predicted octanol–water partition coefficient (Wildman–Crippen LogP) is 5.35. The summed E-state index contributed by atoms with van der Waals surface area (Å²) in [6.45, 7) is 0.690. The molecule has 4 aromatic rings. The fourth-order valence-electron chi connectivity index (χ4n) is 3.56. The molecule has 0 aliphatic rings. The largest absolute Gasteiger partial charge is 0.435 e. The molecule has 3 aromatic carbocycles. The molecule has 35 heavy (non-hydrogen) atoms. The summed E-state index contributed by atoms with van der Waals surface area (Å²) in [5.41, 5.74) is 1.57. The summed E-state index contributed by atoms with van der Waals surface area (Å²) in [4.78, 5) is 31.0. The zero-order valence-corrected chi connectivity index (χ0v) is 19.8. The first-order valence-corrected chi connectivity index (χ1v) is 11.8. The van der Waals surface area contributed by atoms with Crippen LogP contribution >= 0.6 is 11.8 Å². The van der Waals surface area contributed by atoms with Gasteiger partial charge in [0.15, 0.2) is 5.16 Å². The van der Waals surface area contributed by atoms with E-state index in [2.05, 4.69) is 15.0 Å². The quantitative estimate of drug-likeness (QED) is 0.264. The molecule has 1 heterocycles. The average Bonchev–Trinajstić information content (AvgIpc) is 2.85. The number of alkyl halides is 2. The molecule has 0 saturated carbocycles. The van der Waals surface area contributed by atoms with Crippen molar-refractivity contribution in [2.45, 2.75) is 36.9 Å². The molecule has 6 nitrogen and oxygen atoms in total. The van der Waals surface area contributed by atoms with Gasteiger partial charge in [-0.3, -0.25) is 14.2 Å². The molecule has 0 aliphatic heterocycles. The second-order valence-corrected chi connectivity index (χ2v) is 9.13. The van der Waals surface area contributed by atoms with Crippen molar-refractivity contribution in [3.63, 3.8) is 0 Å². The zero-order chi connectivity index (χ0) is 24.9. The van der Waals surface area contributed by atoms with Gasteiger partial charge >= 0.3 is 6.61 Å². The van der Waals surface area contributed by atoms with Crippen LogP contribution in [0, 0.1) is 0 Å². The lowest BCUT2D eigenvalue weighted by Gasteiger charge is -2.19. The van der Waals surface area contributed by atoms with Crippen molar-refractivity contribution >= 4 is 28.6 Å². The van der Waals surface area contributed by atoms with E-state index in [4.69, 9.17) is 0 Å². The Hall–Kier alpha value is -3.72. The van der Waals surface area contributed by atoms with Crippen molar-refractivity contribution in [3.8, 4) is 11.4 Å². The number of thioether (sulfide) groups is 1. The lowest BCUT2D eigenvalue weighted by atomic mass is 10.1. The van der Waals surface area contributed by atoms with E-state index in [1.165, 1.54) is 28.8 Å². The first kappa shape index (κ1) is 24.4. The first-order chi connectivity index (χ1) is 16.8. The molecule has 0 aliphatic carbocycles. The highest BCUT2D eigenvalue weighted by Crippen LogP contribution is 2.27. The van der Waals surface area contributed by atoms with Crippen LogP contribution < -0.4 is 15.6 Å². The Kier molecular flexibility index (Phi) is 7.45. The van der Waals surface area contributed by atoms with Crippen molar-refractivity contribution in [2.24, 2.45) is 0 Å². The summed E-state index contributed by atoms with van der Waals surface area (Å²) in [6, 6.07) is 22.0. The van der Waals surface area contributed by atoms with E-state index < -0.39 is 11.9 Å². The Balaban J connectivity index is 1.66. The molecule has 2 atom stereocenters. The minimum Gasteiger partial charge on any atom is -0.435 e. The van der Waals surface area contributed by atoms with Gasteiger partial charge in [0.05, 0.1) is 27.9 Å². The van der Waals surface area contributed by atoms with Crippen LogP contribution in [0.3, 0.4) is 0 Å². The third-order valence-electron chi connectivity index (χ3n) is 5.37. The third kappa shape index (κ3) is 5.68. The molecule has 180 valence electrons. The minimum absolute atomic E-state index is 0.0256. The number of para-hydroxylation sites is 1. The Bertz CT molecular complexity index is 1380. The van der Waals surface area contributed by atoms with Crippen LogP contribution in [0.2, 0.25) is 0 Å². The van der Waals surface area contributed by atoms with Crippen LogP contribution in [-0.2, 0) is 4.79 Å². The number of hydrogen-bond donors (Lipinski definition) is 1. The van der Waals surface area contributed by atoms with E-state index in [1.807, 2.05) is 37.3 Å². The number of hydrogen-bond acceptors (Lipinski definition) is 5. The number of carbonyl (C=O) groups is 1. The molecule has 1 N–H and O–H groups in total. The standard InChI is InChI=1S/C26H23F2N3O3S/c1-16(18-8-4-3-5-9-18)29-23(32)17(2)35-26-30-22-11-7-6-10-21(22)24(33)31(26)19-12-14-20(15-13-19)34-25(27)28/h3-17,25H,1-2H3,(H,29,32). The van der Waals surface area contributed by atoms with E-state index in [-0.39, 0.29) is 23.3 Å². The van der Waals surface area contributed by atoms with E-state index in [0.717, 1.165) is 17.3 Å². The predicted molar refractivity (Wildman–Crippen MR) is 132 cm³/mol. The maximum atomic E-state index is 13.4. The van der Waals surface area contributed by atoms with Crippen molar-refractivity contribution in [1.29, 1.82) is 0 Å². The normalized spacial score (nSPS) is 12.9. The molecule has 9 heteroatoms. The zero-order valence-electron chi connectivity index (χ0n) is 19.0. The monoisotopic (exact) mass is 495 g/mol. The molecule has 0 spiro atoms. The highest BCUT2D eigenvalue weighted by atomic mass is 32.2.